The number of nitrogen functional groups attached to an aromatic ring is 1. The van der Waals surface area contributed by atoms with E-state index in [-0.39, 0.29) is 0 Å². The molecular weight excluding hydrogens is 266 g/mol. The fourth-order valence-corrected chi connectivity index (χ4v) is 2.83. The second-order valence-corrected chi connectivity index (χ2v) is 6.14. The summed E-state index contributed by atoms with van der Waals surface area (Å²) < 4.78 is 5.17. The van der Waals surface area contributed by atoms with Crippen molar-refractivity contribution in [2.24, 2.45) is 0 Å². The van der Waals surface area contributed by atoms with Crippen molar-refractivity contribution in [2.75, 3.05) is 12.8 Å². The summed E-state index contributed by atoms with van der Waals surface area (Å²) in [5.41, 5.74) is 9.20. The van der Waals surface area contributed by atoms with Gasteiger partial charge in [-0.15, -0.1) is 11.8 Å². The van der Waals surface area contributed by atoms with Crippen molar-refractivity contribution in [1.82, 2.24) is 0 Å². The van der Waals surface area contributed by atoms with Gasteiger partial charge in [0.05, 0.1) is 12.8 Å². The quantitative estimate of drug-likeness (QED) is 0.640. The molecule has 0 saturated heterocycles. The summed E-state index contributed by atoms with van der Waals surface area (Å²) in [5.74, 6) is 2.23. The van der Waals surface area contributed by atoms with Crippen LogP contribution in [-0.4, -0.2) is 7.11 Å². The van der Waals surface area contributed by atoms with E-state index in [0.717, 1.165) is 11.5 Å². The number of anilines is 1. The Labute approximate surface area is 125 Å². The molecule has 3 heteroatoms. The van der Waals surface area contributed by atoms with Gasteiger partial charge in [-0.2, -0.15) is 0 Å². The van der Waals surface area contributed by atoms with Crippen LogP contribution in [-0.2, 0) is 5.75 Å². The van der Waals surface area contributed by atoms with Gasteiger partial charge in [0, 0.05) is 10.6 Å². The molecule has 0 heterocycles. The molecule has 0 unspecified atom stereocenters. The maximum Gasteiger partial charge on any atom is 0.141 e. The molecular formula is C17H21NOS. The van der Waals surface area contributed by atoms with Crippen LogP contribution in [0.4, 0.5) is 5.69 Å². The molecule has 2 rings (SSSR count). The van der Waals surface area contributed by atoms with Crippen LogP contribution in [0.15, 0.2) is 47.4 Å². The molecule has 106 valence electrons. The van der Waals surface area contributed by atoms with Crippen molar-refractivity contribution in [3.63, 3.8) is 0 Å². The van der Waals surface area contributed by atoms with Crippen LogP contribution in [0.5, 0.6) is 5.75 Å². The predicted octanol–water partition coefficient (Wildman–Crippen LogP) is 4.69. The minimum atomic E-state index is 0.579. The molecule has 0 amide bonds. The number of thioether (sulfide) groups is 1. The maximum atomic E-state index is 5.92. The average Bonchev–Trinajstić information content (AvgIpc) is 2.45. The van der Waals surface area contributed by atoms with E-state index in [2.05, 4.69) is 44.2 Å². The van der Waals surface area contributed by atoms with Crippen molar-refractivity contribution < 1.29 is 4.74 Å². The van der Waals surface area contributed by atoms with Gasteiger partial charge in [0.2, 0.25) is 0 Å². The van der Waals surface area contributed by atoms with Gasteiger partial charge < -0.3 is 10.5 Å². The third-order valence-corrected chi connectivity index (χ3v) is 4.33. The first-order chi connectivity index (χ1) is 9.60. The summed E-state index contributed by atoms with van der Waals surface area (Å²) >= 11 is 1.82. The third kappa shape index (κ3) is 3.70. The zero-order chi connectivity index (χ0) is 14.5. The van der Waals surface area contributed by atoms with E-state index < -0.39 is 0 Å². The standard InChI is InChI=1S/C17H21NOS/c1-12(2)14-5-7-15(8-6-14)20-11-13-4-9-17(19-3)16(18)10-13/h4-10,12H,11,18H2,1-3H3. The Balaban J connectivity index is 1.99. The van der Waals surface area contributed by atoms with Crippen molar-refractivity contribution in [3.05, 3.63) is 53.6 Å². The number of rotatable bonds is 5. The Kier molecular flexibility index (Phi) is 4.96. The molecule has 0 aliphatic heterocycles. The second kappa shape index (κ2) is 6.71. The van der Waals surface area contributed by atoms with Gasteiger partial charge in [-0.05, 0) is 41.3 Å². The van der Waals surface area contributed by atoms with Crippen molar-refractivity contribution >= 4 is 17.4 Å². The molecule has 0 aliphatic rings. The van der Waals surface area contributed by atoms with Crippen LogP contribution in [0.1, 0.15) is 30.9 Å². The predicted molar refractivity (Wildman–Crippen MR) is 87.5 cm³/mol. The highest BCUT2D eigenvalue weighted by molar-refractivity contribution is 7.98. The molecule has 20 heavy (non-hydrogen) atoms. The normalized spacial score (nSPS) is 10.8. The lowest BCUT2D eigenvalue weighted by Crippen LogP contribution is -1.93. The van der Waals surface area contributed by atoms with Gasteiger partial charge >= 0.3 is 0 Å². The highest BCUT2D eigenvalue weighted by Gasteiger charge is 2.03. The molecule has 0 aliphatic carbocycles. The smallest absolute Gasteiger partial charge is 0.141 e. The van der Waals surface area contributed by atoms with Crippen LogP contribution < -0.4 is 10.5 Å². The van der Waals surface area contributed by atoms with Crippen molar-refractivity contribution in [1.29, 1.82) is 0 Å². The molecule has 0 bridgehead atoms. The number of hydrogen-bond acceptors (Lipinski definition) is 3. The van der Waals surface area contributed by atoms with E-state index in [9.17, 15) is 0 Å². The molecule has 0 saturated carbocycles. The van der Waals surface area contributed by atoms with Crippen molar-refractivity contribution in [2.45, 2.75) is 30.4 Å². The summed E-state index contributed by atoms with van der Waals surface area (Å²) in [5, 5.41) is 0. The van der Waals surface area contributed by atoms with Crippen LogP contribution >= 0.6 is 11.8 Å². The molecule has 0 fully saturated rings. The highest BCUT2D eigenvalue weighted by Crippen LogP contribution is 2.28. The molecule has 2 aromatic rings. The molecule has 0 atom stereocenters. The summed E-state index contributed by atoms with van der Waals surface area (Å²) in [6, 6.07) is 14.7. The van der Waals surface area contributed by atoms with E-state index in [0.29, 0.717) is 11.6 Å². The van der Waals surface area contributed by atoms with Crippen LogP contribution in [0.25, 0.3) is 0 Å². The van der Waals surface area contributed by atoms with Crippen LogP contribution in [0.2, 0.25) is 0 Å². The minimum Gasteiger partial charge on any atom is -0.495 e. The molecule has 0 radical (unpaired) electrons. The number of benzene rings is 2. The Morgan fingerprint density at radius 1 is 1.10 bits per heavy atom. The van der Waals surface area contributed by atoms with Crippen LogP contribution in [0.3, 0.4) is 0 Å². The first-order valence-electron chi connectivity index (χ1n) is 6.75. The fraction of sp³-hybridized carbons (Fsp3) is 0.294. The summed E-state index contributed by atoms with van der Waals surface area (Å²) in [7, 11) is 1.64. The lowest BCUT2D eigenvalue weighted by Gasteiger charge is -2.08. The summed E-state index contributed by atoms with van der Waals surface area (Å²) in [6.07, 6.45) is 0. The maximum absolute atomic E-state index is 5.92. The molecule has 0 aromatic heterocycles. The Morgan fingerprint density at radius 3 is 2.35 bits per heavy atom. The number of hydrogen-bond donors (Lipinski definition) is 1. The fourth-order valence-electron chi connectivity index (χ4n) is 1.99. The SMILES string of the molecule is COc1ccc(CSc2ccc(C(C)C)cc2)cc1N. The lowest BCUT2D eigenvalue weighted by atomic mass is 10.0. The van der Waals surface area contributed by atoms with Crippen LogP contribution in [0, 0.1) is 0 Å². The zero-order valence-electron chi connectivity index (χ0n) is 12.2. The largest absolute Gasteiger partial charge is 0.495 e. The van der Waals surface area contributed by atoms with Gasteiger partial charge in [0.1, 0.15) is 5.75 Å². The second-order valence-electron chi connectivity index (χ2n) is 5.09. The van der Waals surface area contributed by atoms with Crippen molar-refractivity contribution in [3.8, 4) is 5.75 Å². The minimum absolute atomic E-state index is 0.579. The highest BCUT2D eigenvalue weighted by atomic mass is 32.2. The van der Waals surface area contributed by atoms with E-state index in [1.807, 2.05) is 23.9 Å². The van der Waals surface area contributed by atoms with Gasteiger partial charge in [0.15, 0.2) is 0 Å². The first-order valence-corrected chi connectivity index (χ1v) is 7.74. The molecule has 2 aromatic carbocycles. The third-order valence-electron chi connectivity index (χ3n) is 3.25. The number of methoxy groups -OCH3 is 1. The van der Waals surface area contributed by atoms with Gasteiger partial charge in [-0.3, -0.25) is 0 Å². The van der Waals surface area contributed by atoms with E-state index in [1.54, 1.807) is 7.11 Å². The zero-order valence-corrected chi connectivity index (χ0v) is 13.0. The Bertz CT molecular complexity index is 564. The topological polar surface area (TPSA) is 35.2 Å². The van der Waals surface area contributed by atoms with Gasteiger partial charge in [-0.25, -0.2) is 0 Å². The van der Waals surface area contributed by atoms with Gasteiger partial charge in [-0.1, -0.05) is 32.0 Å². The Morgan fingerprint density at radius 2 is 1.80 bits per heavy atom. The molecule has 2 N–H and O–H groups in total. The van der Waals surface area contributed by atoms with E-state index in [1.165, 1.54) is 16.0 Å². The van der Waals surface area contributed by atoms with Gasteiger partial charge in [0.25, 0.3) is 0 Å². The molecule has 2 nitrogen and oxygen atoms in total. The monoisotopic (exact) mass is 287 g/mol. The number of nitrogens with two attached hydrogens (primary N) is 1. The molecule has 0 spiro atoms. The Hall–Kier alpha value is -1.61. The lowest BCUT2D eigenvalue weighted by molar-refractivity contribution is 0.417. The summed E-state index contributed by atoms with van der Waals surface area (Å²) in [4.78, 5) is 1.28. The summed E-state index contributed by atoms with van der Waals surface area (Å²) in [6.45, 7) is 4.42. The first kappa shape index (κ1) is 14.8. The van der Waals surface area contributed by atoms with E-state index in [4.69, 9.17) is 10.5 Å². The average molecular weight is 287 g/mol. The number of ether oxygens (including phenoxy) is 1. The van der Waals surface area contributed by atoms with E-state index >= 15 is 0 Å².